The molecule has 106 valence electrons. The third-order valence-corrected chi connectivity index (χ3v) is 3.52. The van der Waals surface area contributed by atoms with Crippen molar-refractivity contribution >= 4 is 0 Å². The lowest BCUT2D eigenvalue weighted by Crippen LogP contribution is -1.99. The van der Waals surface area contributed by atoms with Crippen LogP contribution in [0.25, 0.3) is 22.8 Å². The van der Waals surface area contributed by atoms with E-state index in [1.54, 1.807) is 12.4 Å². The molecular weight excluding hydrogens is 270 g/mol. The highest BCUT2D eigenvalue weighted by Crippen LogP contribution is 2.26. The second-order valence-corrected chi connectivity index (χ2v) is 4.92. The molecule has 21 heavy (non-hydrogen) atoms. The summed E-state index contributed by atoms with van der Waals surface area (Å²) in [6.45, 7) is 1.41. The second kappa shape index (κ2) is 5.10. The predicted octanol–water partition coefficient (Wildman–Crippen LogP) is 2.03. The lowest BCUT2D eigenvalue weighted by atomic mass is 10.1. The molecule has 1 fully saturated rings. The van der Waals surface area contributed by atoms with Crippen LogP contribution in [-0.4, -0.2) is 38.5 Å². The fourth-order valence-corrected chi connectivity index (χ4v) is 2.35. The number of pyridine rings is 1. The smallest absolute Gasteiger partial charge is 0.275 e. The molecule has 1 saturated heterocycles. The maximum atomic E-state index is 5.34. The highest BCUT2D eigenvalue weighted by molar-refractivity contribution is 5.63. The standard InChI is InChI=1S/C14H13N5O2/c1-4-15-5-2-9(1)11-7-12(18-17-11)14-16-13(19-21-14)10-3-6-20-8-10/h1-2,4-5,7,10H,3,6,8H2,(H,17,18). The number of H-pyrrole nitrogens is 1. The number of nitrogens with zero attached hydrogens (tertiary/aromatic N) is 4. The van der Waals surface area contributed by atoms with Crippen LogP contribution in [0.4, 0.5) is 0 Å². The summed E-state index contributed by atoms with van der Waals surface area (Å²) in [5, 5.41) is 11.2. The SMILES string of the molecule is c1cc(-c2cc(-c3nc(C4CCOC4)no3)[nH]n2)ccn1. The Kier molecular flexibility index (Phi) is 2.97. The van der Waals surface area contributed by atoms with Crippen molar-refractivity contribution in [3.8, 4) is 22.8 Å². The van der Waals surface area contributed by atoms with Crippen molar-refractivity contribution in [2.45, 2.75) is 12.3 Å². The average Bonchev–Trinajstić information content (AvgIpc) is 3.27. The van der Waals surface area contributed by atoms with E-state index in [0.29, 0.717) is 24.0 Å². The minimum Gasteiger partial charge on any atom is -0.381 e. The van der Waals surface area contributed by atoms with E-state index >= 15 is 0 Å². The van der Waals surface area contributed by atoms with Crippen LogP contribution >= 0.6 is 0 Å². The molecule has 0 spiro atoms. The van der Waals surface area contributed by atoms with Crippen molar-refractivity contribution in [3.63, 3.8) is 0 Å². The largest absolute Gasteiger partial charge is 0.381 e. The Bertz CT molecular complexity index is 731. The van der Waals surface area contributed by atoms with Gasteiger partial charge in [-0.25, -0.2) is 0 Å². The highest BCUT2D eigenvalue weighted by Gasteiger charge is 2.24. The van der Waals surface area contributed by atoms with Crippen LogP contribution in [0.2, 0.25) is 0 Å². The van der Waals surface area contributed by atoms with Crippen molar-refractivity contribution in [2.75, 3.05) is 13.2 Å². The average molecular weight is 283 g/mol. The molecule has 1 atom stereocenters. The number of aromatic amines is 1. The molecular formula is C14H13N5O2. The van der Waals surface area contributed by atoms with Gasteiger partial charge in [-0.05, 0) is 24.6 Å². The summed E-state index contributed by atoms with van der Waals surface area (Å²) in [5.41, 5.74) is 2.51. The number of hydrogen-bond acceptors (Lipinski definition) is 6. The molecule has 7 heteroatoms. The van der Waals surface area contributed by atoms with Gasteiger partial charge in [-0.1, -0.05) is 5.16 Å². The van der Waals surface area contributed by atoms with Crippen LogP contribution in [0.1, 0.15) is 18.2 Å². The van der Waals surface area contributed by atoms with E-state index in [1.807, 2.05) is 18.2 Å². The van der Waals surface area contributed by atoms with Crippen LogP contribution < -0.4 is 0 Å². The van der Waals surface area contributed by atoms with Gasteiger partial charge >= 0.3 is 0 Å². The zero-order chi connectivity index (χ0) is 14.1. The molecule has 0 bridgehead atoms. The first-order valence-electron chi connectivity index (χ1n) is 6.78. The van der Waals surface area contributed by atoms with E-state index in [1.165, 1.54) is 0 Å². The minimum absolute atomic E-state index is 0.227. The third kappa shape index (κ3) is 2.31. The monoisotopic (exact) mass is 283 g/mol. The van der Waals surface area contributed by atoms with Crippen molar-refractivity contribution in [1.29, 1.82) is 0 Å². The summed E-state index contributed by atoms with van der Waals surface area (Å²) < 4.78 is 10.7. The van der Waals surface area contributed by atoms with E-state index < -0.39 is 0 Å². The number of rotatable bonds is 3. The van der Waals surface area contributed by atoms with Crippen LogP contribution in [0.15, 0.2) is 35.1 Å². The Hall–Kier alpha value is -2.54. The van der Waals surface area contributed by atoms with E-state index in [4.69, 9.17) is 9.26 Å². The molecule has 0 amide bonds. The summed E-state index contributed by atoms with van der Waals surface area (Å²) in [7, 11) is 0. The van der Waals surface area contributed by atoms with Crippen LogP contribution in [0.5, 0.6) is 0 Å². The quantitative estimate of drug-likeness (QED) is 0.791. The fourth-order valence-electron chi connectivity index (χ4n) is 2.35. The first-order chi connectivity index (χ1) is 10.4. The van der Waals surface area contributed by atoms with Gasteiger partial charge in [-0.3, -0.25) is 10.1 Å². The van der Waals surface area contributed by atoms with Gasteiger partial charge < -0.3 is 9.26 Å². The number of hydrogen-bond donors (Lipinski definition) is 1. The van der Waals surface area contributed by atoms with E-state index in [9.17, 15) is 0 Å². The first kappa shape index (κ1) is 12.2. The molecule has 0 aromatic carbocycles. The third-order valence-electron chi connectivity index (χ3n) is 3.52. The molecule has 0 saturated carbocycles. The molecule has 1 unspecified atom stereocenters. The van der Waals surface area contributed by atoms with Gasteiger partial charge in [0.1, 0.15) is 5.69 Å². The van der Waals surface area contributed by atoms with Crippen LogP contribution in [-0.2, 0) is 4.74 Å². The van der Waals surface area contributed by atoms with Crippen molar-refractivity contribution in [2.24, 2.45) is 0 Å². The summed E-state index contributed by atoms with van der Waals surface area (Å²) >= 11 is 0. The second-order valence-electron chi connectivity index (χ2n) is 4.92. The molecule has 4 heterocycles. The normalized spacial score (nSPS) is 18.2. The molecule has 1 aliphatic heterocycles. The Labute approximate surface area is 120 Å². The molecule has 0 radical (unpaired) electrons. The maximum Gasteiger partial charge on any atom is 0.275 e. The highest BCUT2D eigenvalue weighted by atomic mass is 16.5. The molecule has 1 aliphatic rings. The summed E-state index contributed by atoms with van der Waals surface area (Å²) in [6.07, 6.45) is 4.40. The van der Waals surface area contributed by atoms with Crippen LogP contribution in [0.3, 0.4) is 0 Å². The van der Waals surface area contributed by atoms with Crippen molar-refractivity contribution < 1.29 is 9.26 Å². The lowest BCUT2D eigenvalue weighted by Gasteiger charge is -1.97. The lowest BCUT2D eigenvalue weighted by molar-refractivity contribution is 0.192. The van der Waals surface area contributed by atoms with Gasteiger partial charge in [0, 0.05) is 30.5 Å². The van der Waals surface area contributed by atoms with Gasteiger partial charge in [0.2, 0.25) is 0 Å². The number of nitrogens with one attached hydrogen (secondary N) is 1. The molecule has 3 aromatic rings. The minimum atomic E-state index is 0.227. The van der Waals surface area contributed by atoms with Gasteiger partial charge in [-0.2, -0.15) is 10.1 Å². The number of aromatic nitrogens is 5. The molecule has 7 nitrogen and oxygen atoms in total. The summed E-state index contributed by atoms with van der Waals surface area (Å²) in [4.78, 5) is 8.42. The van der Waals surface area contributed by atoms with Crippen LogP contribution in [0, 0.1) is 0 Å². The van der Waals surface area contributed by atoms with E-state index in [-0.39, 0.29) is 5.92 Å². The number of ether oxygens (including phenoxy) is 1. The zero-order valence-corrected chi connectivity index (χ0v) is 11.2. The van der Waals surface area contributed by atoms with E-state index in [0.717, 1.165) is 24.3 Å². The zero-order valence-electron chi connectivity index (χ0n) is 11.2. The Morgan fingerprint density at radius 1 is 1.24 bits per heavy atom. The maximum absolute atomic E-state index is 5.34. The molecule has 0 aliphatic carbocycles. The van der Waals surface area contributed by atoms with Gasteiger partial charge in [-0.15, -0.1) is 0 Å². The topological polar surface area (TPSA) is 89.7 Å². The molecule has 4 rings (SSSR count). The first-order valence-corrected chi connectivity index (χ1v) is 6.78. The van der Waals surface area contributed by atoms with Crippen molar-refractivity contribution in [3.05, 3.63) is 36.4 Å². The molecule has 3 aromatic heterocycles. The fraction of sp³-hybridized carbons (Fsp3) is 0.286. The van der Waals surface area contributed by atoms with Gasteiger partial charge in [0.15, 0.2) is 5.82 Å². The Morgan fingerprint density at radius 3 is 2.95 bits per heavy atom. The van der Waals surface area contributed by atoms with Gasteiger partial charge in [0.25, 0.3) is 5.89 Å². The summed E-state index contributed by atoms with van der Waals surface area (Å²) in [6, 6.07) is 5.68. The Balaban J connectivity index is 1.61. The summed E-state index contributed by atoms with van der Waals surface area (Å²) in [5.74, 6) is 1.37. The molecule has 1 N–H and O–H groups in total. The Morgan fingerprint density at radius 2 is 2.14 bits per heavy atom. The predicted molar refractivity (Wildman–Crippen MR) is 73.3 cm³/mol. The van der Waals surface area contributed by atoms with E-state index in [2.05, 4.69) is 25.3 Å². The van der Waals surface area contributed by atoms with Crippen molar-refractivity contribution in [1.82, 2.24) is 25.3 Å². The van der Waals surface area contributed by atoms with Gasteiger partial charge in [0.05, 0.1) is 12.3 Å².